The SMILES string of the molecule is CC(C)CC1=Cc2ccccc2C1.[Cl][Ti][Cl]. The molecule has 0 spiro atoms. The Morgan fingerprint density at radius 3 is 2.44 bits per heavy atom. The Bertz CT molecular complexity index is 359. The van der Waals surface area contributed by atoms with Crippen LogP contribution in [0.5, 0.6) is 0 Å². The van der Waals surface area contributed by atoms with Crippen LogP contribution in [0.3, 0.4) is 0 Å². The second-order valence-corrected chi connectivity index (χ2v) is 6.93. The van der Waals surface area contributed by atoms with Gasteiger partial charge in [0.05, 0.1) is 0 Å². The van der Waals surface area contributed by atoms with Crippen molar-refractivity contribution in [1.29, 1.82) is 0 Å². The van der Waals surface area contributed by atoms with E-state index >= 15 is 0 Å². The molecule has 0 N–H and O–H groups in total. The van der Waals surface area contributed by atoms with Crippen molar-refractivity contribution in [3.05, 3.63) is 41.0 Å². The van der Waals surface area contributed by atoms with Gasteiger partial charge in [-0.05, 0) is 29.9 Å². The third-order valence-electron chi connectivity index (χ3n) is 2.50. The molecular formula is C13H16Cl2Ti. The summed E-state index contributed by atoms with van der Waals surface area (Å²) in [6.45, 7) is 4.56. The van der Waals surface area contributed by atoms with Gasteiger partial charge in [-0.15, -0.1) is 0 Å². The molecule has 0 amide bonds. The van der Waals surface area contributed by atoms with Crippen LogP contribution < -0.4 is 0 Å². The molecule has 0 radical (unpaired) electrons. The molecule has 1 aliphatic rings. The predicted octanol–water partition coefficient (Wildman–Crippen LogP) is 5.05. The minimum atomic E-state index is -0.556. The molecule has 0 aliphatic heterocycles. The Kier molecular flexibility index (Phi) is 6.76. The first-order valence-electron chi connectivity index (χ1n) is 5.41. The summed E-state index contributed by atoms with van der Waals surface area (Å²) in [6, 6.07) is 8.69. The summed E-state index contributed by atoms with van der Waals surface area (Å²) < 4.78 is 0. The molecule has 2 rings (SSSR count). The fourth-order valence-electron chi connectivity index (χ4n) is 2.01. The number of benzene rings is 1. The molecule has 16 heavy (non-hydrogen) atoms. The molecule has 1 aromatic rings. The van der Waals surface area contributed by atoms with Crippen molar-refractivity contribution >= 4 is 24.7 Å². The average Bonchev–Trinajstić information content (AvgIpc) is 2.59. The fourth-order valence-corrected chi connectivity index (χ4v) is 2.01. The van der Waals surface area contributed by atoms with Crippen molar-refractivity contribution in [2.75, 3.05) is 0 Å². The Hall–Kier alpha value is 0.254. The van der Waals surface area contributed by atoms with Crippen LogP contribution in [0.15, 0.2) is 29.8 Å². The topological polar surface area (TPSA) is 0 Å². The minimum absolute atomic E-state index is 0.556. The van der Waals surface area contributed by atoms with Crippen molar-refractivity contribution in [2.45, 2.75) is 26.7 Å². The number of rotatable bonds is 2. The van der Waals surface area contributed by atoms with E-state index in [0.717, 1.165) is 5.92 Å². The quantitative estimate of drug-likeness (QED) is 0.669. The van der Waals surface area contributed by atoms with Crippen LogP contribution in [0.1, 0.15) is 31.4 Å². The molecule has 0 heterocycles. The first-order valence-corrected chi connectivity index (χ1v) is 9.70. The zero-order chi connectivity index (χ0) is 12.0. The predicted molar refractivity (Wildman–Crippen MR) is 69.3 cm³/mol. The molecule has 0 saturated carbocycles. The van der Waals surface area contributed by atoms with Crippen LogP contribution in [-0.2, 0) is 23.5 Å². The van der Waals surface area contributed by atoms with E-state index in [-0.39, 0.29) is 0 Å². The molecule has 1 aromatic carbocycles. The Morgan fingerprint density at radius 2 is 1.88 bits per heavy atom. The van der Waals surface area contributed by atoms with E-state index in [1.54, 1.807) is 5.57 Å². The molecular weight excluding hydrogens is 275 g/mol. The van der Waals surface area contributed by atoms with E-state index in [4.69, 9.17) is 18.6 Å². The second-order valence-electron chi connectivity index (χ2n) is 4.35. The summed E-state index contributed by atoms with van der Waals surface area (Å²) >= 11 is -0.556. The summed E-state index contributed by atoms with van der Waals surface area (Å²) in [4.78, 5) is 0. The van der Waals surface area contributed by atoms with Gasteiger partial charge in [-0.3, -0.25) is 0 Å². The van der Waals surface area contributed by atoms with Crippen LogP contribution in [0.25, 0.3) is 6.08 Å². The molecule has 0 saturated heterocycles. The molecule has 86 valence electrons. The van der Waals surface area contributed by atoms with Crippen molar-refractivity contribution < 1.29 is 17.0 Å². The summed E-state index contributed by atoms with van der Waals surface area (Å²) in [7, 11) is 9.78. The van der Waals surface area contributed by atoms with Gasteiger partial charge in [0.1, 0.15) is 0 Å². The van der Waals surface area contributed by atoms with Gasteiger partial charge >= 0.3 is 35.6 Å². The standard InChI is InChI=1S/C13H16.2ClH.Ti/c1-10(2)7-11-8-12-5-3-4-6-13(12)9-11;;;/h3-6,8,10H,7,9H2,1-2H3;2*1H;/q;;;+2/p-2. The van der Waals surface area contributed by atoms with Gasteiger partial charge in [-0.2, -0.15) is 0 Å². The Balaban J connectivity index is 0.000000386. The Morgan fingerprint density at radius 1 is 1.25 bits per heavy atom. The Labute approximate surface area is 115 Å². The molecule has 0 unspecified atom stereocenters. The fraction of sp³-hybridized carbons (Fsp3) is 0.385. The van der Waals surface area contributed by atoms with E-state index in [1.807, 2.05) is 0 Å². The molecule has 0 fully saturated rings. The number of hydrogen-bond donors (Lipinski definition) is 0. The molecule has 0 nitrogen and oxygen atoms in total. The van der Waals surface area contributed by atoms with E-state index < -0.39 is 17.0 Å². The maximum absolute atomic E-state index is 4.89. The first-order chi connectivity index (χ1) is 7.67. The molecule has 0 bridgehead atoms. The van der Waals surface area contributed by atoms with Gasteiger partial charge in [-0.1, -0.05) is 49.8 Å². The van der Waals surface area contributed by atoms with E-state index in [9.17, 15) is 0 Å². The molecule has 0 atom stereocenters. The van der Waals surface area contributed by atoms with Crippen LogP contribution >= 0.6 is 18.6 Å². The van der Waals surface area contributed by atoms with Crippen LogP contribution in [0.2, 0.25) is 0 Å². The average molecular weight is 291 g/mol. The number of hydrogen-bond acceptors (Lipinski definition) is 0. The summed E-state index contributed by atoms with van der Waals surface area (Å²) in [5.41, 5.74) is 4.52. The summed E-state index contributed by atoms with van der Waals surface area (Å²) in [5, 5.41) is 0. The maximum atomic E-state index is 4.89. The zero-order valence-electron chi connectivity index (χ0n) is 9.63. The van der Waals surface area contributed by atoms with E-state index in [2.05, 4.69) is 44.2 Å². The van der Waals surface area contributed by atoms with Crippen molar-refractivity contribution in [2.24, 2.45) is 5.92 Å². The van der Waals surface area contributed by atoms with Crippen molar-refractivity contribution in [3.8, 4) is 0 Å². The molecule has 3 heteroatoms. The molecule has 0 aromatic heterocycles. The van der Waals surface area contributed by atoms with E-state index in [1.165, 1.54) is 24.0 Å². The van der Waals surface area contributed by atoms with E-state index in [0.29, 0.717) is 0 Å². The van der Waals surface area contributed by atoms with Gasteiger partial charge < -0.3 is 0 Å². The van der Waals surface area contributed by atoms with Crippen LogP contribution in [0.4, 0.5) is 0 Å². The summed E-state index contributed by atoms with van der Waals surface area (Å²) in [5.74, 6) is 0.778. The third kappa shape index (κ3) is 4.63. The van der Waals surface area contributed by atoms with Crippen LogP contribution in [-0.4, -0.2) is 0 Å². The number of allylic oxidation sites excluding steroid dienone is 1. The monoisotopic (exact) mass is 290 g/mol. The van der Waals surface area contributed by atoms with Crippen molar-refractivity contribution in [3.63, 3.8) is 0 Å². The molecule has 1 aliphatic carbocycles. The van der Waals surface area contributed by atoms with Gasteiger partial charge in [0, 0.05) is 0 Å². The third-order valence-corrected chi connectivity index (χ3v) is 2.50. The van der Waals surface area contributed by atoms with Gasteiger partial charge in [-0.25, -0.2) is 0 Å². The normalized spacial score (nSPS) is 12.7. The van der Waals surface area contributed by atoms with Gasteiger partial charge in [0.15, 0.2) is 0 Å². The van der Waals surface area contributed by atoms with Crippen LogP contribution in [0, 0.1) is 5.92 Å². The summed E-state index contributed by atoms with van der Waals surface area (Å²) in [6.07, 6.45) is 4.78. The van der Waals surface area contributed by atoms with Gasteiger partial charge in [0.2, 0.25) is 0 Å². The first kappa shape index (κ1) is 14.3. The number of fused-ring (bicyclic) bond motifs is 1. The van der Waals surface area contributed by atoms with Gasteiger partial charge in [0.25, 0.3) is 0 Å². The van der Waals surface area contributed by atoms with Crippen molar-refractivity contribution in [1.82, 2.24) is 0 Å². The zero-order valence-corrected chi connectivity index (χ0v) is 12.7. The second kappa shape index (κ2) is 7.56. The number of halogens is 2.